The monoisotopic (exact) mass is 258 g/mol. The summed E-state index contributed by atoms with van der Waals surface area (Å²) in [5.74, 6) is 0. The molecule has 3 rings (SSSR count). The van der Waals surface area contributed by atoms with E-state index < -0.39 is 0 Å². The average Bonchev–Trinajstić information content (AvgIpc) is 2.96. The van der Waals surface area contributed by atoms with Crippen molar-refractivity contribution < 1.29 is 0 Å². The summed E-state index contributed by atoms with van der Waals surface area (Å²) in [4.78, 5) is 9.86. The van der Waals surface area contributed by atoms with Crippen molar-refractivity contribution in [1.82, 2.24) is 20.2 Å². The first-order valence-corrected chi connectivity index (χ1v) is 6.96. The summed E-state index contributed by atoms with van der Waals surface area (Å²) >= 11 is 0. The second-order valence-electron chi connectivity index (χ2n) is 5.96. The van der Waals surface area contributed by atoms with Crippen LogP contribution in [0, 0.1) is 5.41 Å². The molecule has 0 saturated heterocycles. The summed E-state index contributed by atoms with van der Waals surface area (Å²) < 4.78 is 0. The van der Waals surface area contributed by atoms with Crippen LogP contribution >= 0.6 is 0 Å². The SMILES string of the molecule is CNCC1(CN(C)Cc2ccc3nc[nH]c3c2)CC1. The van der Waals surface area contributed by atoms with Crippen LogP contribution in [-0.4, -0.2) is 42.1 Å². The van der Waals surface area contributed by atoms with E-state index in [1.807, 2.05) is 7.05 Å². The van der Waals surface area contributed by atoms with Crippen LogP contribution in [0.15, 0.2) is 24.5 Å². The molecule has 1 aliphatic carbocycles. The number of nitrogens with one attached hydrogen (secondary N) is 2. The Morgan fingerprint density at radius 1 is 1.42 bits per heavy atom. The zero-order valence-corrected chi connectivity index (χ0v) is 11.7. The molecule has 1 fully saturated rings. The Morgan fingerprint density at radius 2 is 2.26 bits per heavy atom. The van der Waals surface area contributed by atoms with Gasteiger partial charge in [0.1, 0.15) is 0 Å². The minimum atomic E-state index is 0.529. The third-order valence-electron chi connectivity index (χ3n) is 4.05. The lowest BCUT2D eigenvalue weighted by Crippen LogP contribution is -2.32. The molecule has 1 saturated carbocycles. The molecule has 2 aromatic rings. The molecule has 0 aliphatic heterocycles. The van der Waals surface area contributed by atoms with Crippen LogP contribution in [0.4, 0.5) is 0 Å². The molecule has 0 radical (unpaired) electrons. The molecule has 19 heavy (non-hydrogen) atoms. The largest absolute Gasteiger partial charge is 0.345 e. The van der Waals surface area contributed by atoms with Crippen LogP contribution in [0.3, 0.4) is 0 Å². The minimum Gasteiger partial charge on any atom is -0.345 e. The van der Waals surface area contributed by atoms with Crippen molar-refractivity contribution in [1.29, 1.82) is 0 Å². The van der Waals surface area contributed by atoms with Gasteiger partial charge in [-0.1, -0.05) is 6.07 Å². The molecule has 1 aromatic heterocycles. The van der Waals surface area contributed by atoms with Gasteiger partial charge in [-0.2, -0.15) is 0 Å². The molecule has 0 bridgehead atoms. The summed E-state index contributed by atoms with van der Waals surface area (Å²) in [5.41, 5.74) is 4.05. The molecule has 1 aromatic carbocycles. The van der Waals surface area contributed by atoms with Gasteiger partial charge in [0, 0.05) is 19.6 Å². The van der Waals surface area contributed by atoms with Crippen molar-refractivity contribution in [2.45, 2.75) is 19.4 Å². The third-order valence-corrected chi connectivity index (χ3v) is 4.05. The molecule has 4 nitrogen and oxygen atoms in total. The maximum Gasteiger partial charge on any atom is 0.0931 e. The first-order chi connectivity index (χ1) is 9.21. The van der Waals surface area contributed by atoms with Gasteiger partial charge >= 0.3 is 0 Å². The molecule has 102 valence electrons. The van der Waals surface area contributed by atoms with E-state index in [2.05, 4.69) is 45.4 Å². The second-order valence-corrected chi connectivity index (χ2v) is 5.96. The molecular formula is C15H22N4. The van der Waals surface area contributed by atoms with Crippen molar-refractivity contribution in [2.24, 2.45) is 5.41 Å². The van der Waals surface area contributed by atoms with E-state index in [-0.39, 0.29) is 0 Å². The number of H-pyrrole nitrogens is 1. The number of benzene rings is 1. The normalized spacial score (nSPS) is 17.2. The average molecular weight is 258 g/mol. The number of hydrogen-bond acceptors (Lipinski definition) is 3. The summed E-state index contributed by atoms with van der Waals surface area (Å²) in [5, 5.41) is 3.32. The molecule has 1 heterocycles. The Labute approximate surface area is 114 Å². The van der Waals surface area contributed by atoms with Crippen molar-refractivity contribution in [3.05, 3.63) is 30.1 Å². The maximum absolute atomic E-state index is 4.26. The number of fused-ring (bicyclic) bond motifs is 1. The lowest BCUT2D eigenvalue weighted by molar-refractivity contribution is 0.253. The molecule has 4 heteroatoms. The van der Waals surface area contributed by atoms with Gasteiger partial charge in [-0.05, 0) is 50.0 Å². The van der Waals surface area contributed by atoms with Gasteiger partial charge in [0.2, 0.25) is 0 Å². The number of imidazole rings is 1. The van der Waals surface area contributed by atoms with Crippen LogP contribution in [0.5, 0.6) is 0 Å². The Hall–Kier alpha value is -1.39. The zero-order chi connectivity index (χ0) is 13.3. The zero-order valence-electron chi connectivity index (χ0n) is 11.7. The van der Waals surface area contributed by atoms with Crippen LogP contribution in [0.2, 0.25) is 0 Å². The van der Waals surface area contributed by atoms with Gasteiger partial charge < -0.3 is 15.2 Å². The van der Waals surface area contributed by atoms with Crippen molar-refractivity contribution in [3.8, 4) is 0 Å². The van der Waals surface area contributed by atoms with Crippen LogP contribution < -0.4 is 5.32 Å². The Bertz CT molecular complexity index is 556. The van der Waals surface area contributed by atoms with Crippen molar-refractivity contribution in [2.75, 3.05) is 27.2 Å². The summed E-state index contributed by atoms with van der Waals surface area (Å²) in [6, 6.07) is 6.48. The van der Waals surface area contributed by atoms with Crippen molar-refractivity contribution in [3.63, 3.8) is 0 Å². The fraction of sp³-hybridized carbons (Fsp3) is 0.533. The Morgan fingerprint density at radius 3 is 3.00 bits per heavy atom. The van der Waals surface area contributed by atoms with E-state index in [1.54, 1.807) is 6.33 Å². The highest BCUT2D eigenvalue weighted by Gasteiger charge is 2.42. The highest BCUT2D eigenvalue weighted by molar-refractivity contribution is 5.74. The summed E-state index contributed by atoms with van der Waals surface area (Å²) in [6.45, 7) is 3.31. The van der Waals surface area contributed by atoms with E-state index in [0.717, 1.165) is 24.1 Å². The third kappa shape index (κ3) is 2.80. The summed E-state index contributed by atoms with van der Waals surface area (Å²) in [7, 11) is 4.26. The number of aromatic nitrogens is 2. The van der Waals surface area contributed by atoms with E-state index in [9.17, 15) is 0 Å². The molecule has 0 atom stereocenters. The van der Waals surface area contributed by atoms with E-state index in [1.165, 1.54) is 24.9 Å². The molecule has 0 spiro atoms. The Kier molecular flexibility index (Phi) is 3.29. The smallest absolute Gasteiger partial charge is 0.0931 e. The van der Waals surface area contributed by atoms with E-state index >= 15 is 0 Å². The fourth-order valence-electron chi connectivity index (χ4n) is 2.96. The molecule has 1 aliphatic rings. The highest BCUT2D eigenvalue weighted by atomic mass is 15.1. The molecule has 0 unspecified atom stereocenters. The standard InChI is InChI=1S/C15H22N4/c1-16-9-15(5-6-15)10-19(2)8-12-3-4-13-14(7-12)18-11-17-13/h3-4,7,11,16H,5-6,8-10H2,1-2H3,(H,17,18). The van der Waals surface area contributed by atoms with Gasteiger partial charge in [0.25, 0.3) is 0 Å². The number of nitrogens with zero attached hydrogens (tertiary/aromatic N) is 2. The first-order valence-electron chi connectivity index (χ1n) is 6.96. The van der Waals surface area contributed by atoms with Crippen LogP contribution in [0.1, 0.15) is 18.4 Å². The quantitative estimate of drug-likeness (QED) is 0.833. The Balaban J connectivity index is 1.63. The van der Waals surface area contributed by atoms with E-state index in [4.69, 9.17) is 0 Å². The number of aromatic amines is 1. The van der Waals surface area contributed by atoms with Gasteiger partial charge in [-0.3, -0.25) is 0 Å². The van der Waals surface area contributed by atoms with Crippen LogP contribution in [-0.2, 0) is 6.54 Å². The van der Waals surface area contributed by atoms with Gasteiger partial charge in [-0.25, -0.2) is 4.98 Å². The van der Waals surface area contributed by atoms with Gasteiger partial charge in [0.05, 0.1) is 17.4 Å². The first kappa shape index (κ1) is 12.6. The predicted octanol–water partition coefficient (Wildman–Crippen LogP) is 1.99. The summed E-state index contributed by atoms with van der Waals surface area (Å²) in [6.07, 6.45) is 4.47. The lowest BCUT2D eigenvalue weighted by atomic mass is 10.1. The molecule has 0 amide bonds. The highest BCUT2D eigenvalue weighted by Crippen LogP contribution is 2.45. The van der Waals surface area contributed by atoms with Gasteiger partial charge in [-0.15, -0.1) is 0 Å². The maximum atomic E-state index is 4.26. The number of hydrogen-bond donors (Lipinski definition) is 2. The topological polar surface area (TPSA) is 44.0 Å². The lowest BCUT2D eigenvalue weighted by Gasteiger charge is -2.23. The molecular weight excluding hydrogens is 236 g/mol. The predicted molar refractivity (Wildman–Crippen MR) is 78.0 cm³/mol. The fourth-order valence-corrected chi connectivity index (χ4v) is 2.96. The van der Waals surface area contributed by atoms with Gasteiger partial charge in [0.15, 0.2) is 0 Å². The van der Waals surface area contributed by atoms with Crippen LogP contribution in [0.25, 0.3) is 11.0 Å². The minimum absolute atomic E-state index is 0.529. The van der Waals surface area contributed by atoms with E-state index in [0.29, 0.717) is 5.41 Å². The second kappa shape index (κ2) is 4.94. The van der Waals surface area contributed by atoms with Crippen molar-refractivity contribution >= 4 is 11.0 Å². The number of rotatable bonds is 6. The molecule has 2 N–H and O–H groups in total.